The standard InChI is InChI=1S/C17H21N5S2/c1-13(24-15-6-4-3-5-7-15)10-19-16(18-2)20-11-14-12-22-8-9-23-17(22)21-14/h3-9,12-13H,10-11H2,1-2H3,(H2,18,19,20). The van der Waals surface area contributed by atoms with Crippen molar-refractivity contribution in [3.8, 4) is 0 Å². The fourth-order valence-corrected chi connectivity index (χ4v) is 3.93. The van der Waals surface area contributed by atoms with Gasteiger partial charge in [-0.3, -0.25) is 9.39 Å². The van der Waals surface area contributed by atoms with E-state index >= 15 is 0 Å². The Kier molecular flexibility index (Phi) is 5.77. The van der Waals surface area contributed by atoms with E-state index in [1.54, 1.807) is 18.4 Å². The van der Waals surface area contributed by atoms with Gasteiger partial charge in [0.2, 0.25) is 0 Å². The molecule has 3 rings (SSSR count). The predicted octanol–water partition coefficient (Wildman–Crippen LogP) is 3.24. The number of benzene rings is 1. The summed E-state index contributed by atoms with van der Waals surface area (Å²) in [5.41, 5.74) is 1.01. The van der Waals surface area contributed by atoms with E-state index in [2.05, 4.69) is 51.8 Å². The number of fused-ring (bicyclic) bond motifs is 1. The molecule has 0 bridgehead atoms. The van der Waals surface area contributed by atoms with Gasteiger partial charge in [-0.15, -0.1) is 23.1 Å². The van der Waals surface area contributed by atoms with Crippen LogP contribution >= 0.6 is 23.1 Å². The molecule has 24 heavy (non-hydrogen) atoms. The third-order valence-electron chi connectivity index (χ3n) is 3.44. The fourth-order valence-electron chi connectivity index (χ4n) is 2.27. The lowest BCUT2D eigenvalue weighted by Crippen LogP contribution is -2.39. The first-order valence-corrected chi connectivity index (χ1v) is 9.58. The van der Waals surface area contributed by atoms with Gasteiger partial charge in [-0.05, 0) is 12.1 Å². The second kappa shape index (κ2) is 8.21. The Morgan fingerprint density at radius 1 is 1.33 bits per heavy atom. The molecule has 0 saturated heterocycles. The number of aromatic nitrogens is 2. The van der Waals surface area contributed by atoms with Gasteiger partial charge in [0, 0.05) is 41.5 Å². The Morgan fingerprint density at radius 3 is 2.92 bits per heavy atom. The van der Waals surface area contributed by atoms with Gasteiger partial charge < -0.3 is 10.6 Å². The van der Waals surface area contributed by atoms with Crippen molar-refractivity contribution in [2.24, 2.45) is 4.99 Å². The smallest absolute Gasteiger partial charge is 0.193 e. The minimum Gasteiger partial charge on any atom is -0.355 e. The van der Waals surface area contributed by atoms with Gasteiger partial charge in [0.25, 0.3) is 0 Å². The van der Waals surface area contributed by atoms with E-state index in [1.807, 2.05) is 40.0 Å². The van der Waals surface area contributed by atoms with Gasteiger partial charge in [0.1, 0.15) is 0 Å². The first-order chi connectivity index (χ1) is 11.7. The van der Waals surface area contributed by atoms with Crippen LogP contribution in [0.4, 0.5) is 0 Å². The van der Waals surface area contributed by atoms with Crippen molar-refractivity contribution in [1.82, 2.24) is 20.0 Å². The Labute approximate surface area is 150 Å². The molecule has 2 N–H and O–H groups in total. The van der Waals surface area contributed by atoms with Crippen molar-refractivity contribution >= 4 is 34.0 Å². The van der Waals surface area contributed by atoms with Crippen LogP contribution in [0.1, 0.15) is 12.6 Å². The highest BCUT2D eigenvalue weighted by Crippen LogP contribution is 2.21. The van der Waals surface area contributed by atoms with E-state index in [9.17, 15) is 0 Å². The molecule has 1 aromatic carbocycles. The Balaban J connectivity index is 1.45. The highest BCUT2D eigenvalue weighted by atomic mass is 32.2. The summed E-state index contributed by atoms with van der Waals surface area (Å²) < 4.78 is 2.04. The number of nitrogens with one attached hydrogen (secondary N) is 2. The summed E-state index contributed by atoms with van der Waals surface area (Å²) in [6, 6.07) is 10.5. The van der Waals surface area contributed by atoms with Crippen LogP contribution in [0.5, 0.6) is 0 Å². The number of hydrogen-bond acceptors (Lipinski definition) is 4. The summed E-state index contributed by atoms with van der Waals surface area (Å²) in [6.07, 6.45) is 4.06. The van der Waals surface area contributed by atoms with Crippen molar-refractivity contribution in [2.45, 2.75) is 23.6 Å². The number of aliphatic imine (C=N–C) groups is 1. The molecular formula is C17H21N5S2. The number of guanidine groups is 1. The van der Waals surface area contributed by atoms with E-state index in [0.717, 1.165) is 23.2 Å². The summed E-state index contributed by atoms with van der Waals surface area (Å²) >= 11 is 3.49. The van der Waals surface area contributed by atoms with Gasteiger partial charge >= 0.3 is 0 Å². The molecule has 1 atom stereocenters. The quantitative estimate of drug-likeness (QED) is 0.403. The summed E-state index contributed by atoms with van der Waals surface area (Å²) in [7, 11) is 1.79. The summed E-state index contributed by atoms with van der Waals surface area (Å²) in [4.78, 5) is 11.1. The monoisotopic (exact) mass is 359 g/mol. The lowest BCUT2D eigenvalue weighted by molar-refractivity contribution is 0.783. The normalized spacial score (nSPS) is 13.2. The predicted molar refractivity (Wildman–Crippen MR) is 103 cm³/mol. The topological polar surface area (TPSA) is 53.7 Å². The Hall–Kier alpha value is -1.99. The third-order valence-corrected chi connectivity index (χ3v) is 5.33. The molecule has 0 aliphatic rings. The third kappa shape index (κ3) is 4.52. The van der Waals surface area contributed by atoms with Gasteiger partial charge in [-0.25, -0.2) is 4.98 Å². The molecule has 3 aromatic rings. The van der Waals surface area contributed by atoms with Crippen molar-refractivity contribution in [3.63, 3.8) is 0 Å². The largest absolute Gasteiger partial charge is 0.355 e. The zero-order chi connectivity index (χ0) is 16.8. The SMILES string of the molecule is CN=C(NCc1cn2ccsc2n1)NCC(C)Sc1ccccc1. The van der Waals surface area contributed by atoms with Crippen LogP contribution < -0.4 is 10.6 Å². The van der Waals surface area contributed by atoms with Crippen LogP contribution in [0.3, 0.4) is 0 Å². The second-order valence-corrected chi connectivity index (χ2v) is 7.76. The van der Waals surface area contributed by atoms with Crippen LogP contribution in [0.25, 0.3) is 4.96 Å². The Bertz CT molecular complexity index is 765. The molecule has 0 saturated carbocycles. The zero-order valence-electron chi connectivity index (χ0n) is 13.8. The molecule has 2 heterocycles. The van der Waals surface area contributed by atoms with Crippen LogP contribution in [-0.2, 0) is 6.54 Å². The maximum absolute atomic E-state index is 4.56. The van der Waals surface area contributed by atoms with Crippen LogP contribution in [-0.4, -0.2) is 34.2 Å². The molecule has 0 spiro atoms. The van der Waals surface area contributed by atoms with Crippen LogP contribution in [0.2, 0.25) is 0 Å². The van der Waals surface area contributed by atoms with Crippen molar-refractivity contribution in [1.29, 1.82) is 0 Å². The highest BCUT2D eigenvalue weighted by Gasteiger charge is 2.07. The molecule has 0 amide bonds. The fraction of sp³-hybridized carbons (Fsp3) is 0.294. The minimum absolute atomic E-state index is 0.448. The number of imidazole rings is 1. The maximum atomic E-state index is 4.56. The summed E-state index contributed by atoms with van der Waals surface area (Å²) in [5, 5.41) is 9.17. The van der Waals surface area contributed by atoms with Gasteiger partial charge in [-0.1, -0.05) is 25.1 Å². The van der Waals surface area contributed by atoms with Crippen LogP contribution in [0.15, 0.2) is 58.0 Å². The molecule has 7 heteroatoms. The second-order valence-electron chi connectivity index (χ2n) is 5.37. The van der Waals surface area contributed by atoms with Crippen molar-refractivity contribution < 1.29 is 0 Å². The number of rotatable bonds is 6. The number of thiazole rings is 1. The van der Waals surface area contributed by atoms with E-state index in [1.165, 1.54) is 4.90 Å². The highest BCUT2D eigenvalue weighted by molar-refractivity contribution is 8.00. The molecular weight excluding hydrogens is 338 g/mol. The average molecular weight is 360 g/mol. The zero-order valence-corrected chi connectivity index (χ0v) is 15.4. The van der Waals surface area contributed by atoms with Crippen LogP contribution in [0, 0.1) is 0 Å². The molecule has 0 radical (unpaired) electrons. The first kappa shape index (κ1) is 16.9. The van der Waals surface area contributed by atoms with E-state index in [-0.39, 0.29) is 0 Å². The number of nitrogens with zero attached hydrogens (tertiary/aromatic N) is 3. The Morgan fingerprint density at radius 2 is 2.17 bits per heavy atom. The molecule has 126 valence electrons. The van der Waals surface area contributed by atoms with Gasteiger partial charge in [0.15, 0.2) is 10.9 Å². The number of hydrogen-bond donors (Lipinski definition) is 2. The molecule has 0 aliphatic carbocycles. The maximum Gasteiger partial charge on any atom is 0.193 e. The summed E-state index contributed by atoms with van der Waals surface area (Å²) in [5.74, 6) is 0.798. The number of thioether (sulfide) groups is 1. The first-order valence-electron chi connectivity index (χ1n) is 7.82. The van der Waals surface area contributed by atoms with E-state index < -0.39 is 0 Å². The lowest BCUT2D eigenvalue weighted by Gasteiger charge is -2.15. The lowest BCUT2D eigenvalue weighted by atomic mass is 10.4. The van der Waals surface area contributed by atoms with E-state index in [4.69, 9.17) is 0 Å². The minimum atomic E-state index is 0.448. The molecule has 0 aliphatic heterocycles. The summed E-state index contributed by atoms with van der Waals surface area (Å²) in [6.45, 7) is 3.72. The van der Waals surface area contributed by atoms with Crippen molar-refractivity contribution in [2.75, 3.05) is 13.6 Å². The molecule has 5 nitrogen and oxygen atoms in total. The molecule has 0 fully saturated rings. The molecule has 2 aromatic heterocycles. The molecule has 1 unspecified atom stereocenters. The van der Waals surface area contributed by atoms with E-state index in [0.29, 0.717) is 11.8 Å². The van der Waals surface area contributed by atoms with Gasteiger partial charge in [-0.2, -0.15) is 0 Å². The van der Waals surface area contributed by atoms with Gasteiger partial charge in [0.05, 0.1) is 12.2 Å². The van der Waals surface area contributed by atoms with Crippen molar-refractivity contribution in [3.05, 3.63) is 53.8 Å². The average Bonchev–Trinajstić information content (AvgIpc) is 3.17.